The highest BCUT2D eigenvalue weighted by atomic mass is 35.5. The van der Waals surface area contributed by atoms with Crippen molar-refractivity contribution in [1.29, 1.82) is 0 Å². The van der Waals surface area contributed by atoms with Crippen molar-refractivity contribution in [3.63, 3.8) is 0 Å². The van der Waals surface area contributed by atoms with Crippen LogP contribution in [-0.2, 0) is 13.6 Å². The maximum atomic E-state index is 6.04. The molecule has 2 aromatic rings. The second-order valence-corrected chi connectivity index (χ2v) is 4.87. The molecule has 0 unspecified atom stereocenters. The summed E-state index contributed by atoms with van der Waals surface area (Å²) in [6.45, 7) is 2.68. The van der Waals surface area contributed by atoms with Gasteiger partial charge in [0.05, 0.1) is 11.4 Å². The third-order valence-electron chi connectivity index (χ3n) is 2.93. The van der Waals surface area contributed by atoms with Gasteiger partial charge in [-0.05, 0) is 24.6 Å². The maximum absolute atomic E-state index is 6.04. The second-order valence-electron chi connectivity index (χ2n) is 4.43. The highest BCUT2D eigenvalue weighted by Gasteiger charge is 2.14. The van der Waals surface area contributed by atoms with Crippen molar-refractivity contribution in [2.75, 3.05) is 17.7 Å². The summed E-state index contributed by atoms with van der Waals surface area (Å²) in [7, 11) is 3.90. The topological polar surface area (TPSA) is 47.1 Å². The van der Waals surface area contributed by atoms with Crippen LogP contribution in [0.3, 0.4) is 0 Å². The van der Waals surface area contributed by atoms with Crippen molar-refractivity contribution >= 4 is 23.1 Å². The number of nitrogen functional groups attached to an aromatic ring is 1. The Morgan fingerprint density at radius 2 is 1.94 bits per heavy atom. The first-order valence-corrected chi connectivity index (χ1v) is 6.11. The molecule has 0 bridgehead atoms. The van der Waals surface area contributed by atoms with Crippen LogP contribution in [0.4, 0.5) is 11.5 Å². The Bertz CT molecular complexity index is 545. The molecule has 1 aromatic heterocycles. The van der Waals surface area contributed by atoms with E-state index in [0.29, 0.717) is 0 Å². The SMILES string of the molecule is Cc1nn(C)c(N(C)Cc2ccc(Cl)cc2)c1N. The molecule has 0 aliphatic rings. The van der Waals surface area contributed by atoms with E-state index in [-0.39, 0.29) is 0 Å². The highest BCUT2D eigenvalue weighted by Crippen LogP contribution is 2.25. The van der Waals surface area contributed by atoms with Crippen LogP contribution in [0.25, 0.3) is 0 Å². The van der Waals surface area contributed by atoms with Gasteiger partial charge >= 0.3 is 0 Å². The summed E-state index contributed by atoms with van der Waals surface area (Å²) in [6.07, 6.45) is 0. The molecule has 1 heterocycles. The lowest BCUT2D eigenvalue weighted by Crippen LogP contribution is -2.20. The van der Waals surface area contributed by atoms with Crippen LogP contribution < -0.4 is 10.6 Å². The lowest BCUT2D eigenvalue weighted by molar-refractivity contribution is 0.727. The number of aromatic nitrogens is 2. The van der Waals surface area contributed by atoms with Crippen LogP contribution in [0.1, 0.15) is 11.3 Å². The third-order valence-corrected chi connectivity index (χ3v) is 3.18. The lowest BCUT2D eigenvalue weighted by Gasteiger charge is -2.20. The van der Waals surface area contributed by atoms with Crippen molar-refractivity contribution in [2.24, 2.45) is 7.05 Å². The number of hydrogen-bond donors (Lipinski definition) is 1. The first-order chi connectivity index (χ1) is 8.49. The minimum absolute atomic E-state index is 0.731. The largest absolute Gasteiger partial charge is 0.394 e. The summed E-state index contributed by atoms with van der Waals surface area (Å²) in [6, 6.07) is 7.81. The van der Waals surface area contributed by atoms with E-state index < -0.39 is 0 Å². The number of benzene rings is 1. The summed E-state index contributed by atoms with van der Waals surface area (Å²) in [5.41, 5.74) is 8.80. The van der Waals surface area contributed by atoms with Crippen LogP contribution in [0.5, 0.6) is 0 Å². The molecule has 0 atom stereocenters. The van der Waals surface area contributed by atoms with Crippen molar-refractivity contribution < 1.29 is 0 Å². The van der Waals surface area contributed by atoms with Crippen molar-refractivity contribution in [3.8, 4) is 0 Å². The number of halogens is 1. The number of aryl methyl sites for hydroxylation is 2. The Labute approximate surface area is 112 Å². The van der Waals surface area contributed by atoms with Gasteiger partial charge in [-0.3, -0.25) is 4.68 Å². The third kappa shape index (κ3) is 2.43. The molecular weight excluding hydrogens is 248 g/mol. The molecule has 1 aromatic carbocycles. The second kappa shape index (κ2) is 4.90. The van der Waals surface area contributed by atoms with Gasteiger partial charge in [0.1, 0.15) is 5.82 Å². The Hall–Kier alpha value is -1.68. The molecule has 96 valence electrons. The van der Waals surface area contributed by atoms with Crippen LogP contribution in [0.2, 0.25) is 5.02 Å². The first-order valence-electron chi connectivity index (χ1n) is 5.73. The first kappa shape index (κ1) is 12.8. The van der Waals surface area contributed by atoms with Gasteiger partial charge in [-0.25, -0.2) is 0 Å². The Kier molecular flexibility index (Phi) is 3.48. The van der Waals surface area contributed by atoms with E-state index in [0.717, 1.165) is 28.8 Å². The zero-order valence-corrected chi connectivity index (χ0v) is 11.6. The molecule has 0 saturated carbocycles. The molecule has 0 aliphatic carbocycles. The zero-order valence-electron chi connectivity index (χ0n) is 10.8. The Balaban J connectivity index is 2.21. The molecule has 18 heavy (non-hydrogen) atoms. The summed E-state index contributed by atoms with van der Waals surface area (Å²) in [4.78, 5) is 2.08. The van der Waals surface area contributed by atoms with E-state index in [1.807, 2.05) is 45.3 Å². The molecule has 0 fully saturated rings. The van der Waals surface area contributed by atoms with Crippen molar-refractivity contribution in [3.05, 3.63) is 40.5 Å². The minimum atomic E-state index is 0.731. The van der Waals surface area contributed by atoms with Gasteiger partial charge in [0.2, 0.25) is 0 Å². The van der Waals surface area contributed by atoms with E-state index in [1.165, 1.54) is 5.56 Å². The molecule has 0 amide bonds. The summed E-state index contributed by atoms with van der Waals surface area (Å²) >= 11 is 5.87. The van der Waals surface area contributed by atoms with E-state index in [1.54, 1.807) is 4.68 Å². The normalized spacial score (nSPS) is 10.7. The summed E-state index contributed by atoms with van der Waals surface area (Å²) in [5, 5.41) is 5.06. The average Bonchev–Trinajstić information content (AvgIpc) is 2.56. The number of nitrogens with two attached hydrogens (primary N) is 1. The zero-order chi connectivity index (χ0) is 13.3. The quantitative estimate of drug-likeness (QED) is 0.927. The fourth-order valence-corrected chi connectivity index (χ4v) is 2.18. The van der Waals surface area contributed by atoms with Crippen LogP contribution in [0.15, 0.2) is 24.3 Å². The molecule has 2 rings (SSSR count). The molecule has 0 saturated heterocycles. The summed E-state index contributed by atoms with van der Waals surface area (Å²) in [5.74, 6) is 0.933. The van der Waals surface area contributed by atoms with Gasteiger partial charge in [0.15, 0.2) is 0 Å². The maximum Gasteiger partial charge on any atom is 0.150 e. The fraction of sp³-hybridized carbons (Fsp3) is 0.308. The van der Waals surface area contributed by atoms with E-state index in [9.17, 15) is 0 Å². The smallest absolute Gasteiger partial charge is 0.150 e. The lowest BCUT2D eigenvalue weighted by atomic mass is 10.2. The number of hydrogen-bond acceptors (Lipinski definition) is 3. The Morgan fingerprint density at radius 3 is 2.44 bits per heavy atom. The van der Waals surface area contributed by atoms with Gasteiger partial charge in [-0.2, -0.15) is 5.10 Å². The fourth-order valence-electron chi connectivity index (χ4n) is 2.05. The number of rotatable bonds is 3. The van der Waals surface area contributed by atoms with E-state index in [2.05, 4.69) is 10.00 Å². The number of anilines is 2. The van der Waals surface area contributed by atoms with Crippen molar-refractivity contribution in [2.45, 2.75) is 13.5 Å². The van der Waals surface area contributed by atoms with Crippen LogP contribution in [0, 0.1) is 6.92 Å². The standard InChI is InChI=1S/C13H17ClN4/c1-9-12(15)13(18(3)16-9)17(2)8-10-4-6-11(14)7-5-10/h4-7H,8,15H2,1-3H3. The van der Waals surface area contributed by atoms with E-state index >= 15 is 0 Å². The predicted octanol–water partition coefficient (Wildman–Crippen LogP) is 2.60. The van der Waals surface area contributed by atoms with Gasteiger partial charge in [0, 0.05) is 25.7 Å². The van der Waals surface area contributed by atoms with Crippen LogP contribution in [-0.4, -0.2) is 16.8 Å². The monoisotopic (exact) mass is 264 g/mol. The van der Waals surface area contributed by atoms with E-state index in [4.69, 9.17) is 17.3 Å². The van der Waals surface area contributed by atoms with Gasteiger partial charge in [-0.1, -0.05) is 23.7 Å². The minimum Gasteiger partial charge on any atom is -0.394 e. The number of nitrogens with zero attached hydrogens (tertiary/aromatic N) is 3. The van der Waals surface area contributed by atoms with Gasteiger partial charge in [-0.15, -0.1) is 0 Å². The molecular formula is C13H17ClN4. The molecule has 0 aliphatic heterocycles. The van der Waals surface area contributed by atoms with Gasteiger partial charge < -0.3 is 10.6 Å². The predicted molar refractivity (Wildman–Crippen MR) is 75.9 cm³/mol. The molecule has 0 radical (unpaired) electrons. The Morgan fingerprint density at radius 1 is 1.33 bits per heavy atom. The van der Waals surface area contributed by atoms with Crippen molar-refractivity contribution in [1.82, 2.24) is 9.78 Å². The molecule has 5 heteroatoms. The molecule has 0 spiro atoms. The summed E-state index contributed by atoms with van der Waals surface area (Å²) < 4.78 is 1.81. The van der Waals surface area contributed by atoms with Crippen LogP contribution >= 0.6 is 11.6 Å². The molecule has 2 N–H and O–H groups in total. The average molecular weight is 265 g/mol. The highest BCUT2D eigenvalue weighted by molar-refractivity contribution is 6.30. The molecule has 4 nitrogen and oxygen atoms in total. The van der Waals surface area contributed by atoms with Gasteiger partial charge in [0.25, 0.3) is 0 Å².